The molecule has 170 valence electrons. The number of nitrogens with one attached hydrogen (secondary N) is 2. The predicted molar refractivity (Wildman–Crippen MR) is 125 cm³/mol. The lowest BCUT2D eigenvalue weighted by atomic mass is 9.60. The molecule has 1 saturated heterocycles. The first kappa shape index (κ1) is 22.2. The Balaban J connectivity index is 1.20. The molecule has 0 radical (unpaired) electrons. The summed E-state index contributed by atoms with van der Waals surface area (Å²) in [7, 11) is 1.63. The van der Waals surface area contributed by atoms with Gasteiger partial charge in [0.2, 0.25) is 5.91 Å². The van der Waals surface area contributed by atoms with Crippen molar-refractivity contribution >= 4 is 11.9 Å². The third-order valence-electron chi connectivity index (χ3n) is 6.95. The van der Waals surface area contributed by atoms with Crippen LogP contribution in [0.25, 0.3) is 0 Å². The molecule has 1 heterocycles. The van der Waals surface area contributed by atoms with Gasteiger partial charge in [-0.3, -0.25) is 4.79 Å². The van der Waals surface area contributed by atoms with Gasteiger partial charge in [-0.15, -0.1) is 0 Å². The van der Waals surface area contributed by atoms with Crippen molar-refractivity contribution in [3.05, 3.63) is 65.2 Å². The van der Waals surface area contributed by atoms with Crippen molar-refractivity contribution in [1.82, 2.24) is 15.5 Å². The van der Waals surface area contributed by atoms with E-state index in [-0.39, 0.29) is 23.4 Å². The van der Waals surface area contributed by atoms with Crippen molar-refractivity contribution < 1.29 is 14.3 Å². The van der Waals surface area contributed by atoms with Gasteiger partial charge in [0.1, 0.15) is 5.75 Å². The van der Waals surface area contributed by atoms with E-state index in [0.29, 0.717) is 6.54 Å². The van der Waals surface area contributed by atoms with Crippen LogP contribution in [0, 0.1) is 12.3 Å². The zero-order chi connectivity index (χ0) is 22.9. The monoisotopic (exact) mass is 435 g/mol. The molecule has 4 rings (SSSR count). The molecule has 3 amide bonds. The molecule has 1 saturated carbocycles. The molecule has 2 aromatic rings. The second kappa shape index (κ2) is 8.49. The highest BCUT2D eigenvalue weighted by atomic mass is 16.5. The molecular formula is C26H33N3O3. The van der Waals surface area contributed by atoms with Crippen LogP contribution in [0.3, 0.4) is 0 Å². The normalized spacial score (nSPS) is 17.3. The summed E-state index contributed by atoms with van der Waals surface area (Å²) >= 11 is 0. The number of rotatable bonds is 6. The van der Waals surface area contributed by atoms with Crippen molar-refractivity contribution in [3.8, 4) is 5.75 Å². The second-order valence-electron chi connectivity index (χ2n) is 9.93. The van der Waals surface area contributed by atoms with Crippen LogP contribution in [0.1, 0.15) is 43.4 Å². The zero-order valence-electron chi connectivity index (χ0n) is 19.4. The Labute approximate surface area is 190 Å². The number of ether oxygens (including phenoxy) is 1. The SMILES string of the molecule is COc1ccc(CNC(=O)NC2CC3(C2)CN(C(=O)C(C)(C)c2ccc(C)cc2)C3)cc1. The van der Waals surface area contributed by atoms with E-state index in [1.807, 2.05) is 43.0 Å². The summed E-state index contributed by atoms with van der Waals surface area (Å²) in [5, 5.41) is 5.97. The van der Waals surface area contributed by atoms with Crippen LogP contribution in [0.5, 0.6) is 5.75 Å². The number of hydrogen-bond donors (Lipinski definition) is 2. The molecule has 1 spiro atoms. The minimum Gasteiger partial charge on any atom is -0.497 e. The summed E-state index contributed by atoms with van der Waals surface area (Å²) in [5.74, 6) is 0.980. The quantitative estimate of drug-likeness (QED) is 0.726. The molecule has 6 heteroatoms. The molecule has 1 aliphatic carbocycles. The number of urea groups is 1. The summed E-state index contributed by atoms with van der Waals surface area (Å²) in [6.07, 6.45) is 1.86. The van der Waals surface area contributed by atoms with Gasteiger partial charge >= 0.3 is 6.03 Å². The predicted octanol–water partition coefficient (Wildman–Crippen LogP) is 3.77. The Morgan fingerprint density at radius 2 is 1.69 bits per heavy atom. The van der Waals surface area contributed by atoms with Crippen LogP contribution in [0.15, 0.2) is 48.5 Å². The summed E-state index contributed by atoms with van der Waals surface area (Å²) in [5.41, 5.74) is 2.91. The van der Waals surface area contributed by atoms with Gasteiger partial charge in [0, 0.05) is 31.1 Å². The zero-order valence-corrected chi connectivity index (χ0v) is 19.4. The van der Waals surface area contributed by atoms with Gasteiger partial charge in [-0.25, -0.2) is 4.79 Å². The molecule has 0 unspecified atom stereocenters. The van der Waals surface area contributed by atoms with Crippen LogP contribution in [0.2, 0.25) is 0 Å². The molecule has 0 aromatic heterocycles. The minimum atomic E-state index is -0.530. The van der Waals surface area contributed by atoms with Crippen LogP contribution < -0.4 is 15.4 Å². The van der Waals surface area contributed by atoms with Gasteiger partial charge in [-0.1, -0.05) is 42.0 Å². The average Bonchev–Trinajstić information content (AvgIpc) is 2.73. The van der Waals surface area contributed by atoms with Gasteiger partial charge in [0.15, 0.2) is 0 Å². The Bertz CT molecular complexity index is 968. The number of hydrogen-bond acceptors (Lipinski definition) is 3. The Morgan fingerprint density at radius 1 is 1.06 bits per heavy atom. The van der Waals surface area contributed by atoms with Crippen molar-refractivity contribution in [1.29, 1.82) is 0 Å². The number of aryl methyl sites for hydroxylation is 1. The van der Waals surface area contributed by atoms with Crippen LogP contribution >= 0.6 is 0 Å². The maximum absolute atomic E-state index is 13.1. The first-order valence-corrected chi connectivity index (χ1v) is 11.2. The molecule has 2 fully saturated rings. The Kier molecular flexibility index (Phi) is 5.89. The number of carbonyl (C=O) groups is 2. The van der Waals surface area contributed by atoms with Gasteiger partial charge in [0.25, 0.3) is 0 Å². The average molecular weight is 436 g/mol. The summed E-state index contributed by atoms with van der Waals surface area (Å²) in [6, 6.07) is 15.9. The number of methoxy groups -OCH3 is 1. The van der Waals surface area contributed by atoms with E-state index in [1.165, 1.54) is 5.56 Å². The maximum atomic E-state index is 13.1. The topological polar surface area (TPSA) is 70.7 Å². The molecule has 0 bridgehead atoms. The Morgan fingerprint density at radius 3 is 2.28 bits per heavy atom. The molecule has 1 aliphatic heterocycles. The molecule has 2 aromatic carbocycles. The first-order valence-electron chi connectivity index (χ1n) is 11.2. The fourth-order valence-corrected chi connectivity index (χ4v) is 4.90. The lowest BCUT2D eigenvalue weighted by molar-refractivity contribution is -0.157. The minimum absolute atomic E-state index is 0.145. The first-order chi connectivity index (χ1) is 15.2. The lowest BCUT2D eigenvalue weighted by Gasteiger charge is -2.60. The second-order valence-corrected chi connectivity index (χ2v) is 9.93. The van der Waals surface area contributed by atoms with E-state index < -0.39 is 5.41 Å². The molecule has 0 atom stereocenters. The number of nitrogens with zero attached hydrogens (tertiary/aromatic N) is 1. The van der Waals surface area contributed by atoms with Crippen molar-refractivity contribution in [2.24, 2.45) is 5.41 Å². The van der Waals surface area contributed by atoms with E-state index in [0.717, 1.165) is 42.8 Å². The molecule has 2 N–H and O–H groups in total. The van der Waals surface area contributed by atoms with Crippen LogP contribution in [-0.2, 0) is 16.8 Å². The number of benzene rings is 2. The molecular weight excluding hydrogens is 402 g/mol. The fraction of sp³-hybridized carbons (Fsp3) is 0.462. The van der Waals surface area contributed by atoms with Gasteiger partial charge in [0.05, 0.1) is 12.5 Å². The van der Waals surface area contributed by atoms with Crippen molar-refractivity contribution in [2.75, 3.05) is 20.2 Å². The summed E-state index contributed by atoms with van der Waals surface area (Å²) in [4.78, 5) is 27.3. The van der Waals surface area contributed by atoms with E-state index in [9.17, 15) is 9.59 Å². The standard InChI is InChI=1S/C26H33N3O3/c1-18-5-9-20(10-6-18)25(2,3)23(30)29-16-26(17-29)13-21(14-26)28-24(31)27-15-19-7-11-22(32-4)12-8-19/h5-12,21H,13-17H2,1-4H3,(H2,27,28,31). The smallest absolute Gasteiger partial charge is 0.315 e. The maximum Gasteiger partial charge on any atom is 0.315 e. The number of amides is 3. The summed E-state index contributed by atoms with van der Waals surface area (Å²) < 4.78 is 5.15. The highest BCUT2D eigenvalue weighted by molar-refractivity contribution is 5.88. The lowest BCUT2D eigenvalue weighted by Crippen LogP contribution is -2.69. The van der Waals surface area contributed by atoms with Crippen LogP contribution in [0.4, 0.5) is 4.79 Å². The number of likely N-dealkylation sites (tertiary alicyclic amines) is 1. The van der Waals surface area contributed by atoms with E-state index in [4.69, 9.17) is 4.74 Å². The largest absolute Gasteiger partial charge is 0.497 e. The third kappa shape index (κ3) is 4.45. The number of carbonyl (C=O) groups excluding carboxylic acids is 2. The molecule has 2 aliphatic rings. The van der Waals surface area contributed by atoms with Crippen molar-refractivity contribution in [2.45, 2.75) is 51.6 Å². The highest BCUT2D eigenvalue weighted by Gasteiger charge is 2.55. The fourth-order valence-electron chi connectivity index (χ4n) is 4.90. The molecule has 6 nitrogen and oxygen atoms in total. The van der Waals surface area contributed by atoms with Gasteiger partial charge in [-0.05, 0) is 56.9 Å². The summed E-state index contributed by atoms with van der Waals surface area (Å²) in [6.45, 7) is 8.11. The van der Waals surface area contributed by atoms with E-state index in [1.54, 1.807) is 7.11 Å². The van der Waals surface area contributed by atoms with Crippen molar-refractivity contribution in [3.63, 3.8) is 0 Å². The molecule has 32 heavy (non-hydrogen) atoms. The highest BCUT2D eigenvalue weighted by Crippen LogP contribution is 2.49. The van der Waals surface area contributed by atoms with E-state index in [2.05, 4.69) is 41.8 Å². The Hall–Kier alpha value is -3.02. The van der Waals surface area contributed by atoms with Crippen LogP contribution in [-0.4, -0.2) is 43.1 Å². The third-order valence-corrected chi connectivity index (χ3v) is 6.95. The van der Waals surface area contributed by atoms with Gasteiger partial charge in [-0.2, -0.15) is 0 Å². The van der Waals surface area contributed by atoms with E-state index >= 15 is 0 Å². The van der Waals surface area contributed by atoms with Gasteiger partial charge < -0.3 is 20.3 Å².